The number of nitrogens with zero attached hydrogens (tertiary/aromatic N) is 4. The first kappa shape index (κ1) is 18.7. The van der Waals surface area contributed by atoms with Crippen LogP contribution in [0.3, 0.4) is 0 Å². The number of aromatic nitrogens is 1. The van der Waals surface area contributed by atoms with Crippen molar-refractivity contribution in [2.24, 2.45) is 0 Å². The predicted octanol–water partition coefficient (Wildman–Crippen LogP) is 2.54. The van der Waals surface area contributed by atoms with Crippen LogP contribution in [0.1, 0.15) is 18.5 Å². The van der Waals surface area contributed by atoms with Gasteiger partial charge in [-0.2, -0.15) is 4.37 Å². The van der Waals surface area contributed by atoms with Crippen molar-refractivity contribution in [1.82, 2.24) is 9.27 Å². The zero-order valence-electron chi connectivity index (χ0n) is 16.7. The van der Waals surface area contributed by atoms with Crippen LogP contribution in [0.5, 0.6) is 11.5 Å². The van der Waals surface area contributed by atoms with E-state index in [1.165, 1.54) is 11.5 Å². The first-order valence-corrected chi connectivity index (χ1v) is 11.1. The highest BCUT2D eigenvalue weighted by Crippen LogP contribution is 2.39. The number of fused-ring (bicyclic) bond motifs is 1. The zero-order chi connectivity index (χ0) is 19.8. The van der Waals surface area contributed by atoms with E-state index >= 15 is 0 Å². The first-order chi connectivity index (χ1) is 14.2. The van der Waals surface area contributed by atoms with Crippen LogP contribution in [-0.4, -0.2) is 67.2 Å². The Balaban J connectivity index is 1.20. The summed E-state index contributed by atoms with van der Waals surface area (Å²) in [6.45, 7) is 8.06. The third kappa shape index (κ3) is 3.67. The summed E-state index contributed by atoms with van der Waals surface area (Å²) < 4.78 is 16.5. The maximum atomic E-state index is 12.3. The van der Waals surface area contributed by atoms with Gasteiger partial charge in [-0.3, -0.25) is 9.69 Å². The second-order valence-corrected chi connectivity index (χ2v) is 8.61. The molecule has 2 saturated heterocycles. The summed E-state index contributed by atoms with van der Waals surface area (Å²) >= 11 is 1.52. The van der Waals surface area contributed by atoms with E-state index in [0.29, 0.717) is 13.0 Å². The second kappa shape index (κ2) is 7.84. The number of benzene rings is 1. The fourth-order valence-corrected chi connectivity index (χ4v) is 5.28. The van der Waals surface area contributed by atoms with Crippen molar-refractivity contribution in [1.29, 1.82) is 0 Å². The molecule has 8 heteroatoms. The number of para-hydroxylation sites is 2. The quantitative estimate of drug-likeness (QED) is 0.766. The highest BCUT2D eigenvalue weighted by molar-refractivity contribution is 7.11. The number of anilines is 2. The summed E-state index contributed by atoms with van der Waals surface area (Å²) in [6.07, 6.45) is 1.64. The Morgan fingerprint density at radius 1 is 1.14 bits per heavy atom. The number of amides is 1. The van der Waals surface area contributed by atoms with Gasteiger partial charge in [0.2, 0.25) is 5.91 Å². The Bertz CT molecular complexity index is 894. The molecule has 4 heterocycles. The molecule has 0 saturated carbocycles. The second-order valence-electron chi connectivity index (χ2n) is 7.86. The van der Waals surface area contributed by atoms with E-state index in [9.17, 15) is 4.79 Å². The number of rotatable bonds is 4. The van der Waals surface area contributed by atoms with Crippen LogP contribution < -0.4 is 19.3 Å². The molecule has 0 unspecified atom stereocenters. The molecule has 1 aromatic heterocycles. The average molecular weight is 415 g/mol. The minimum absolute atomic E-state index is 0.0554. The van der Waals surface area contributed by atoms with Crippen LogP contribution in [0.15, 0.2) is 24.3 Å². The lowest BCUT2D eigenvalue weighted by Gasteiger charge is -2.38. The van der Waals surface area contributed by atoms with Crippen molar-refractivity contribution in [3.8, 4) is 11.5 Å². The minimum atomic E-state index is 0.0554. The number of aryl methyl sites for hydroxylation is 1. The molecule has 7 nitrogen and oxygen atoms in total. The molecular weight excluding hydrogens is 388 g/mol. The standard InChI is InChI=1S/C21H26N4O3S/c1-15-20(25-8-4-7-19(25)26)21(29-22-15)24-11-9-23(10-12-24)13-16-14-27-17-5-2-3-6-18(17)28-16/h2-3,5-6,16H,4,7-14H2,1H3/t16-/m0/s1. The van der Waals surface area contributed by atoms with E-state index in [4.69, 9.17) is 9.47 Å². The van der Waals surface area contributed by atoms with Gasteiger partial charge in [-0.25, -0.2) is 0 Å². The van der Waals surface area contributed by atoms with E-state index in [1.807, 2.05) is 36.1 Å². The molecule has 3 aliphatic heterocycles. The summed E-state index contributed by atoms with van der Waals surface area (Å²) in [6, 6.07) is 7.85. The Labute approximate surface area is 175 Å². The van der Waals surface area contributed by atoms with Crippen molar-refractivity contribution >= 4 is 28.1 Å². The number of carbonyl (C=O) groups is 1. The predicted molar refractivity (Wildman–Crippen MR) is 113 cm³/mol. The zero-order valence-corrected chi connectivity index (χ0v) is 17.5. The molecule has 0 radical (unpaired) electrons. The Morgan fingerprint density at radius 3 is 2.69 bits per heavy atom. The van der Waals surface area contributed by atoms with Gasteiger partial charge in [0.05, 0.1) is 5.69 Å². The van der Waals surface area contributed by atoms with E-state index in [1.54, 1.807) is 0 Å². The van der Waals surface area contributed by atoms with Gasteiger partial charge in [0, 0.05) is 45.7 Å². The molecule has 5 rings (SSSR count). The van der Waals surface area contributed by atoms with Crippen molar-refractivity contribution < 1.29 is 14.3 Å². The van der Waals surface area contributed by atoms with Crippen LogP contribution in [0, 0.1) is 6.92 Å². The number of carbonyl (C=O) groups excluding carboxylic acids is 1. The number of hydrogen-bond donors (Lipinski definition) is 0. The smallest absolute Gasteiger partial charge is 0.227 e. The Morgan fingerprint density at radius 2 is 1.93 bits per heavy atom. The first-order valence-electron chi connectivity index (χ1n) is 10.3. The van der Waals surface area contributed by atoms with Crippen molar-refractivity contribution in [2.45, 2.75) is 25.9 Å². The molecule has 2 fully saturated rings. The van der Waals surface area contributed by atoms with Gasteiger partial charge in [0.25, 0.3) is 0 Å². The van der Waals surface area contributed by atoms with Crippen molar-refractivity contribution in [2.75, 3.05) is 55.7 Å². The molecule has 154 valence electrons. The molecule has 1 amide bonds. The lowest BCUT2D eigenvalue weighted by Crippen LogP contribution is -2.50. The van der Waals surface area contributed by atoms with E-state index in [2.05, 4.69) is 14.2 Å². The van der Waals surface area contributed by atoms with Gasteiger partial charge in [0.15, 0.2) is 11.5 Å². The fourth-order valence-electron chi connectivity index (χ4n) is 4.33. The highest BCUT2D eigenvalue weighted by Gasteiger charge is 2.31. The Hall–Kier alpha value is -2.32. The maximum absolute atomic E-state index is 12.3. The van der Waals surface area contributed by atoms with E-state index < -0.39 is 0 Å². The van der Waals surface area contributed by atoms with Crippen molar-refractivity contribution in [3.05, 3.63) is 30.0 Å². The average Bonchev–Trinajstić information content (AvgIpc) is 3.33. The highest BCUT2D eigenvalue weighted by atomic mass is 32.1. The lowest BCUT2D eigenvalue weighted by molar-refractivity contribution is -0.117. The summed E-state index contributed by atoms with van der Waals surface area (Å²) in [7, 11) is 0. The minimum Gasteiger partial charge on any atom is -0.486 e. The van der Waals surface area contributed by atoms with Gasteiger partial charge in [-0.1, -0.05) is 12.1 Å². The lowest BCUT2D eigenvalue weighted by atomic mass is 10.2. The summed E-state index contributed by atoms with van der Waals surface area (Å²) in [4.78, 5) is 19.0. The topological polar surface area (TPSA) is 58.1 Å². The number of piperazine rings is 1. The van der Waals surface area contributed by atoms with Gasteiger partial charge in [-0.05, 0) is 37.0 Å². The SMILES string of the molecule is Cc1nsc(N2CCN(C[C@H]3COc4ccccc4O3)CC2)c1N1CCCC1=O. The molecule has 1 aromatic carbocycles. The molecule has 0 spiro atoms. The summed E-state index contributed by atoms with van der Waals surface area (Å²) in [5.41, 5.74) is 2.00. The molecule has 0 N–H and O–H groups in total. The van der Waals surface area contributed by atoms with Gasteiger partial charge in [-0.15, -0.1) is 0 Å². The monoisotopic (exact) mass is 414 g/mol. The third-order valence-corrected chi connectivity index (χ3v) is 6.84. The van der Waals surface area contributed by atoms with Crippen molar-refractivity contribution in [3.63, 3.8) is 0 Å². The molecular formula is C21H26N4O3S. The number of hydrogen-bond acceptors (Lipinski definition) is 7. The van der Waals surface area contributed by atoms with Gasteiger partial charge >= 0.3 is 0 Å². The largest absolute Gasteiger partial charge is 0.486 e. The van der Waals surface area contributed by atoms with Crippen LogP contribution in [0.25, 0.3) is 0 Å². The molecule has 2 aromatic rings. The molecule has 1 atom stereocenters. The van der Waals surface area contributed by atoms with E-state index in [-0.39, 0.29) is 12.0 Å². The van der Waals surface area contributed by atoms with Gasteiger partial charge in [0.1, 0.15) is 23.4 Å². The Kier molecular flexibility index (Phi) is 5.05. The maximum Gasteiger partial charge on any atom is 0.227 e. The molecule has 0 aliphatic carbocycles. The normalized spacial score (nSPS) is 22.4. The molecule has 29 heavy (non-hydrogen) atoms. The summed E-state index contributed by atoms with van der Waals surface area (Å²) in [5, 5.41) is 1.14. The van der Waals surface area contributed by atoms with E-state index in [0.717, 1.165) is 73.6 Å². The summed E-state index contributed by atoms with van der Waals surface area (Å²) in [5.74, 6) is 1.89. The van der Waals surface area contributed by atoms with Gasteiger partial charge < -0.3 is 19.3 Å². The van der Waals surface area contributed by atoms with Crippen LogP contribution in [-0.2, 0) is 4.79 Å². The third-order valence-electron chi connectivity index (χ3n) is 5.85. The molecule has 0 bridgehead atoms. The molecule has 3 aliphatic rings. The fraction of sp³-hybridized carbons (Fsp3) is 0.524. The van der Waals surface area contributed by atoms with Crippen LogP contribution >= 0.6 is 11.5 Å². The van der Waals surface area contributed by atoms with Crippen LogP contribution in [0.4, 0.5) is 10.7 Å². The number of ether oxygens (including phenoxy) is 2. The van der Waals surface area contributed by atoms with Crippen LogP contribution in [0.2, 0.25) is 0 Å².